The summed E-state index contributed by atoms with van der Waals surface area (Å²) >= 11 is 0. The molecule has 0 aliphatic carbocycles. The second-order valence-corrected chi connectivity index (χ2v) is 6.28. The Labute approximate surface area is 154 Å². The van der Waals surface area contributed by atoms with E-state index in [2.05, 4.69) is 10.0 Å². The fraction of sp³-hybridized carbons (Fsp3) is 0.250. The van der Waals surface area contributed by atoms with Crippen LogP contribution >= 0.6 is 0 Å². The molecule has 0 aromatic heterocycles. The van der Waals surface area contributed by atoms with E-state index in [1.54, 1.807) is 42.5 Å². The molecule has 0 aliphatic heterocycles. The Hall–Kier alpha value is -2.40. The first-order chi connectivity index (χ1) is 13.0. The van der Waals surface area contributed by atoms with Gasteiger partial charge in [0, 0.05) is 30.5 Å². The Balaban J connectivity index is 0. The summed E-state index contributed by atoms with van der Waals surface area (Å²) in [5.41, 5.74) is 2.24. The van der Waals surface area contributed by atoms with Crippen LogP contribution in [0.5, 0.6) is 0 Å². The summed E-state index contributed by atoms with van der Waals surface area (Å²) in [6.45, 7) is 2.34. The molecule has 0 atom stereocenters. The summed E-state index contributed by atoms with van der Waals surface area (Å²) in [4.78, 5) is 0.218. The third-order valence-corrected chi connectivity index (χ3v) is 4.37. The van der Waals surface area contributed by atoms with E-state index in [4.69, 9.17) is 23.4 Å². The maximum absolute atomic E-state index is 12.2. The van der Waals surface area contributed by atoms with Crippen LogP contribution in [-0.4, -0.2) is 33.9 Å². The minimum atomic E-state index is -3.59. The highest BCUT2D eigenvalue weighted by atomic mass is 32.2. The van der Waals surface area contributed by atoms with Crippen molar-refractivity contribution in [2.24, 2.45) is 0 Å². The number of hydrogen-bond donors (Lipinski definition) is 3. The molecule has 2 aromatic rings. The Morgan fingerprint density at radius 3 is 2.04 bits per heavy atom. The van der Waals surface area contributed by atoms with Crippen molar-refractivity contribution in [2.45, 2.75) is 11.8 Å². The van der Waals surface area contributed by atoms with E-state index in [-0.39, 0.29) is 11.5 Å². The fourth-order valence-electron chi connectivity index (χ4n) is 1.88. The lowest BCUT2D eigenvalue weighted by molar-refractivity contribution is 0.108. The van der Waals surface area contributed by atoms with Gasteiger partial charge in [0.05, 0.1) is 24.4 Å². The summed E-state index contributed by atoms with van der Waals surface area (Å²) in [6.07, 6.45) is 0. The molecule has 0 bridgehead atoms. The molecule has 0 aliphatic rings. The molecule has 154 valence electrons. The van der Waals surface area contributed by atoms with Crippen LogP contribution < -0.4 is 10.0 Å². The lowest BCUT2D eigenvalue weighted by Gasteiger charge is -2.12. The van der Waals surface area contributed by atoms with Crippen LogP contribution in [0.2, 0.25) is 0 Å². The fourth-order valence-corrected chi connectivity index (χ4v) is 2.95. The SMILES string of the molecule is CF.Cc1ccc(NS(=O)(=O)c2ccccc2)cc1NCCO.FF.FF. The van der Waals surface area contributed by atoms with E-state index in [0.717, 1.165) is 11.3 Å². The number of rotatable bonds is 6. The first kappa shape index (κ1) is 26.8. The van der Waals surface area contributed by atoms with Crippen LogP contribution in [0.25, 0.3) is 0 Å². The van der Waals surface area contributed by atoms with Crippen LogP contribution in [0, 0.1) is 6.92 Å². The highest BCUT2D eigenvalue weighted by molar-refractivity contribution is 7.92. The van der Waals surface area contributed by atoms with Gasteiger partial charge in [-0.25, -0.2) is 8.42 Å². The minimum Gasteiger partial charge on any atom is -0.395 e. The largest absolute Gasteiger partial charge is 0.395 e. The van der Waals surface area contributed by atoms with Crippen molar-refractivity contribution in [3.8, 4) is 0 Å². The molecule has 11 heteroatoms. The number of nitrogens with one attached hydrogen (secondary N) is 2. The third-order valence-electron chi connectivity index (χ3n) is 2.97. The summed E-state index contributed by atoms with van der Waals surface area (Å²) in [5.74, 6) is 0. The number of halogens is 5. The molecule has 0 spiro atoms. The molecule has 27 heavy (non-hydrogen) atoms. The quantitative estimate of drug-likeness (QED) is 0.608. The lowest BCUT2D eigenvalue weighted by Crippen LogP contribution is -2.13. The molecule has 0 radical (unpaired) electrons. The molecule has 3 N–H and O–H groups in total. The van der Waals surface area contributed by atoms with Crippen LogP contribution in [0.3, 0.4) is 0 Å². The zero-order valence-corrected chi connectivity index (χ0v) is 15.4. The number of benzene rings is 2. The minimum absolute atomic E-state index is 0.0133. The van der Waals surface area contributed by atoms with Crippen molar-refractivity contribution < 1.29 is 36.2 Å². The molecule has 0 saturated carbocycles. The summed E-state index contributed by atoms with van der Waals surface area (Å²) in [6, 6.07) is 13.5. The molecule has 0 heterocycles. The van der Waals surface area contributed by atoms with Crippen molar-refractivity contribution in [1.82, 2.24) is 0 Å². The lowest BCUT2D eigenvalue weighted by atomic mass is 10.2. The second-order valence-electron chi connectivity index (χ2n) is 4.60. The van der Waals surface area contributed by atoms with E-state index in [9.17, 15) is 12.8 Å². The van der Waals surface area contributed by atoms with Gasteiger partial charge in [-0.05, 0) is 36.8 Å². The van der Waals surface area contributed by atoms with Crippen molar-refractivity contribution in [3.63, 3.8) is 0 Å². The summed E-state index contributed by atoms with van der Waals surface area (Å²) in [7, 11) is -3.09. The van der Waals surface area contributed by atoms with Crippen LogP contribution in [-0.2, 0) is 10.0 Å². The standard InChI is InChI=1S/C15H18N2O3S.CH3F.2F2/c1-12-7-8-13(11-15(12)16-9-10-18)17-21(19,20)14-5-3-2-4-6-14;3*1-2/h2-8,11,16-18H,9-10H2,1H3;1H3;;. The molecule has 2 rings (SSSR count). The summed E-state index contributed by atoms with van der Waals surface area (Å²) < 4.78 is 68.5. The zero-order valence-electron chi connectivity index (χ0n) is 14.6. The first-order valence-electron chi connectivity index (χ1n) is 7.22. The van der Waals surface area contributed by atoms with Crippen molar-refractivity contribution >= 4 is 21.4 Å². The molecule has 0 saturated heterocycles. The number of aliphatic hydroxyl groups excluding tert-OH is 1. The van der Waals surface area contributed by atoms with Gasteiger partial charge in [-0.2, -0.15) is 0 Å². The molecule has 0 amide bonds. The predicted molar refractivity (Wildman–Crippen MR) is 95.5 cm³/mol. The highest BCUT2D eigenvalue weighted by Crippen LogP contribution is 2.22. The number of aryl methyl sites for hydroxylation is 1. The van der Waals surface area contributed by atoms with E-state index in [1.165, 1.54) is 0 Å². The molecular formula is C16H21F5N2O3S. The predicted octanol–water partition coefficient (Wildman–Crippen LogP) is 4.47. The maximum atomic E-state index is 12.2. The van der Waals surface area contributed by atoms with Gasteiger partial charge in [0.15, 0.2) is 0 Å². The molecular weight excluding hydrogens is 395 g/mol. The first-order valence-corrected chi connectivity index (χ1v) is 8.71. The number of anilines is 2. The van der Waals surface area contributed by atoms with Gasteiger partial charge in [-0.3, -0.25) is 9.11 Å². The van der Waals surface area contributed by atoms with Gasteiger partial charge in [0.25, 0.3) is 10.0 Å². The van der Waals surface area contributed by atoms with Gasteiger partial charge >= 0.3 is 0 Å². The van der Waals surface area contributed by atoms with Crippen LogP contribution in [0.1, 0.15) is 5.56 Å². The molecule has 5 nitrogen and oxygen atoms in total. The molecule has 0 fully saturated rings. The monoisotopic (exact) mass is 416 g/mol. The van der Waals surface area contributed by atoms with Crippen LogP contribution in [0.4, 0.5) is 34.1 Å². The van der Waals surface area contributed by atoms with E-state index in [0.29, 0.717) is 19.4 Å². The third kappa shape index (κ3) is 9.75. The number of sulfonamides is 1. The number of alkyl halides is 1. The normalized spacial score (nSPS) is 9.33. The van der Waals surface area contributed by atoms with Gasteiger partial charge in [0.2, 0.25) is 0 Å². The summed E-state index contributed by atoms with van der Waals surface area (Å²) in [5, 5.41) is 11.9. The highest BCUT2D eigenvalue weighted by Gasteiger charge is 2.13. The maximum Gasteiger partial charge on any atom is 0.261 e. The Bertz CT molecular complexity index is 719. The zero-order chi connectivity index (χ0) is 21.3. The van der Waals surface area contributed by atoms with E-state index < -0.39 is 10.0 Å². The number of hydrogen-bond acceptors (Lipinski definition) is 4. The van der Waals surface area contributed by atoms with Crippen molar-refractivity contribution in [3.05, 3.63) is 54.1 Å². The van der Waals surface area contributed by atoms with Crippen LogP contribution in [0.15, 0.2) is 53.4 Å². The van der Waals surface area contributed by atoms with Gasteiger partial charge < -0.3 is 10.4 Å². The average Bonchev–Trinajstić information content (AvgIpc) is 2.73. The number of aliphatic hydroxyl groups is 1. The molecule has 0 unspecified atom stereocenters. The average molecular weight is 416 g/mol. The van der Waals surface area contributed by atoms with Gasteiger partial charge in [0.1, 0.15) is 0 Å². The Kier molecular flexibility index (Phi) is 15.7. The van der Waals surface area contributed by atoms with E-state index in [1.807, 2.05) is 13.0 Å². The Morgan fingerprint density at radius 1 is 0.963 bits per heavy atom. The Morgan fingerprint density at radius 2 is 1.52 bits per heavy atom. The van der Waals surface area contributed by atoms with Gasteiger partial charge in [-0.1, -0.05) is 24.3 Å². The van der Waals surface area contributed by atoms with E-state index >= 15 is 0 Å². The van der Waals surface area contributed by atoms with Gasteiger partial charge in [-0.15, -0.1) is 0 Å². The smallest absolute Gasteiger partial charge is 0.261 e. The molecule has 2 aromatic carbocycles. The van der Waals surface area contributed by atoms with Crippen molar-refractivity contribution in [1.29, 1.82) is 0 Å². The van der Waals surface area contributed by atoms with Crippen molar-refractivity contribution in [2.75, 3.05) is 30.4 Å². The topological polar surface area (TPSA) is 78.4 Å². The second kappa shape index (κ2) is 15.8.